The predicted molar refractivity (Wildman–Crippen MR) is 137 cm³/mol. The van der Waals surface area contributed by atoms with E-state index in [2.05, 4.69) is 76.5 Å². The van der Waals surface area contributed by atoms with Gasteiger partial charge in [-0.05, 0) is 84.6 Å². The number of nitrogens with zero attached hydrogens (tertiary/aromatic N) is 2. The number of rotatable bonds is 6. The van der Waals surface area contributed by atoms with Gasteiger partial charge in [0, 0.05) is 25.2 Å². The molecule has 176 valence electrons. The Hall–Kier alpha value is -2.29. The molecule has 33 heavy (non-hydrogen) atoms. The highest BCUT2D eigenvalue weighted by molar-refractivity contribution is 5.92. The van der Waals surface area contributed by atoms with Crippen LogP contribution in [0.4, 0.5) is 0 Å². The molecular weight excluding hydrogens is 404 g/mol. The molecule has 5 atom stereocenters. The van der Waals surface area contributed by atoms with E-state index < -0.39 is 0 Å². The van der Waals surface area contributed by atoms with E-state index in [1.165, 1.54) is 56.2 Å². The second-order valence-corrected chi connectivity index (χ2v) is 11.1. The number of benzene rings is 2. The third kappa shape index (κ3) is 4.20. The zero-order valence-corrected chi connectivity index (χ0v) is 20.9. The largest absolute Gasteiger partial charge is 0.489 e. The lowest BCUT2D eigenvalue weighted by atomic mass is 9.52. The predicted octanol–water partition coefficient (Wildman–Crippen LogP) is 7.07. The van der Waals surface area contributed by atoms with Gasteiger partial charge in [0.15, 0.2) is 0 Å². The Kier molecular flexibility index (Phi) is 6.24. The molecule has 3 heteroatoms. The molecule has 0 aliphatic heterocycles. The first-order valence-corrected chi connectivity index (χ1v) is 13.0. The van der Waals surface area contributed by atoms with E-state index in [9.17, 15) is 0 Å². The van der Waals surface area contributed by atoms with Crippen LogP contribution in [0.5, 0.6) is 5.75 Å². The summed E-state index contributed by atoms with van der Waals surface area (Å²) in [5.74, 6) is 4.06. The van der Waals surface area contributed by atoms with Gasteiger partial charge in [-0.25, -0.2) is 0 Å². The topological polar surface area (TPSA) is 24.8 Å². The van der Waals surface area contributed by atoms with E-state index >= 15 is 0 Å². The molecule has 0 unspecified atom stereocenters. The minimum atomic E-state index is 0.285. The summed E-state index contributed by atoms with van der Waals surface area (Å²) in [6, 6.07) is 17.5. The van der Waals surface area contributed by atoms with Crippen LogP contribution in [0.3, 0.4) is 0 Å². The second kappa shape index (κ2) is 9.16. The molecular formula is C30H40N2O. The summed E-state index contributed by atoms with van der Waals surface area (Å²) in [5, 5.41) is 7.00. The van der Waals surface area contributed by atoms with Gasteiger partial charge in [0.25, 0.3) is 0 Å². The molecule has 2 aromatic carbocycles. The third-order valence-corrected chi connectivity index (χ3v) is 8.84. The molecule has 0 saturated heterocycles. The number of hydrogen-bond donors (Lipinski definition) is 0. The fourth-order valence-corrected chi connectivity index (χ4v) is 7.45. The normalized spacial score (nSPS) is 31.6. The van der Waals surface area contributed by atoms with E-state index in [1.54, 1.807) is 11.1 Å². The zero-order valence-electron chi connectivity index (χ0n) is 20.9. The zero-order chi connectivity index (χ0) is 23.0. The Balaban J connectivity index is 1.42. The third-order valence-electron chi connectivity index (χ3n) is 8.84. The molecule has 3 aliphatic rings. The van der Waals surface area contributed by atoms with Crippen molar-refractivity contribution in [3.8, 4) is 5.75 Å². The van der Waals surface area contributed by atoms with E-state index in [0.717, 1.165) is 23.5 Å². The van der Waals surface area contributed by atoms with Crippen LogP contribution in [0.2, 0.25) is 0 Å². The van der Waals surface area contributed by atoms with Crippen LogP contribution in [-0.4, -0.2) is 24.8 Å². The average Bonchev–Trinajstić information content (AvgIpc) is 3.13. The quantitative estimate of drug-likeness (QED) is 0.445. The molecule has 0 N–H and O–H groups in total. The van der Waals surface area contributed by atoms with Gasteiger partial charge in [-0.1, -0.05) is 63.1 Å². The summed E-state index contributed by atoms with van der Waals surface area (Å²) in [4.78, 5) is 0. The minimum Gasteiger partial charge on any atom is -0.489 e. The molecule has 0 spiro atoms. The smallest absolute Gasteiger partial charge is 0.120 e. The summed E-state index contributed by atoms with van der Waals surface area (Å²) < 4.78 is 6.21. The molecule has 2 aromatic rings. The lowest BCUT2D eigenvalue weighted by molar-refractivity contribution is 0.0497. The maximum atomic E-state index is 6.21. The first-order valence-electron chi connectivity index (χ1n) is 13.0. The van der Waals surface area contributed by atoms with Crippen LogP contribution in [0.25, 0.3) is 0 Å². The molecule has 0 heterocycles. The van der Waals surface area contributed by atoms with Crippen molar-refractivity contribution < 1.29 is 4.74 Å². The van der Waals surface area contributed by atoms with E-state index in [0.29, 0.717) is 12.5 Å². The molecule has 0 aromatic heterocycles. The van der Waals surface area contributed by atoms with Crippen LogP contribution in [0.15, 0.2) is 53.6 Å². The van der Waals surface area contributed by atoms with Crippen molar-refractivity contribution in [2.45, 2.75) is 71.3 Å². The van der Waals surface area contributed by atoms with E-state index in [4.69, 9.17) is 9.84 Å². The molecule has 0 bridgehead atoms. The Morgan fingerprint density at radius 1 is 1.09 bits per heavy atom. The van der Waals surface area contributed by atoms with Crippen LogP contribution < -0.4 is 4.74 Å². The van der Waals surface area contributed by atoms with E-state index in [-0.39, 0.29) is 5.41 Å². The summed E-state index contributed by atoms with van der Waals surface area (Å²) >= 11 is 0. The highest BCUT2D eigenvalue weighted by atomic mass is 16.5. The van der Waals surface area contributed by atoms with Crippen molar-refractivity contribution >= 4 is 5.71 Å². The maximum absolute atomic E-state index is 6.21. The van der Waals surface area contributed by atoms with Gasteiger partial charge in [-0.3, -0.25) is 0 Å². The van der Waals surface area contributed by atoms with Crippen molar-refractivity contribution in [3.05, 3.63) is 65.2 Å². The molecule has 5 rings (SSSR count). The highest BCUT2D eigenvalue weighted by Crippen LogP contribution is 2.62. The summed E-state index contributed by atoms with van der Waals surface area (Å²) in [6.07, 6.45) is 8.88. The first-order chi connectivity index (χ1) is 16.0. The van der Waals surface area contributed by atoms with Crippen molar-refractivity contribution in [1.82, 2.24) is 5.01 Å². The maximum Gasteiger partial charge on any atom is 0.120 e. The van der Waals surface area contributed by atoms with Crippen LogP contribution in [0.1, 0.15) is 75.0 Å². The molecule has 0 radical (unpaired) electrons. The van der Waals surface area contributed by atoms with Gasteiger partial charge < -0.3 is 9.75 Å². The summed E-state index contributed by atoms with van der Waals surface area (Å²) in [7, 11) is 4.15. The van der Waals surface area contributed by atoms with Gasteiger partial charge >= 0.3 is 0 Å². The minimum absolute atomic E-state index is 0.285. The molecule has 0 amide bonds. The Morgan fingerprint density at radius 3 is 2.67 bits per heavy atom. The van der Waals surface area contributed by atoms with Gasteiger partial charge in [-0.2, -0.15) is 5.10 Å². The van der Waals surface area contributed by atoms with Crippen molar-refractivity contribution in [1.29, 1.82) is 0 Å². The number of fused-ring (bicyclic) bond motifs is 5. The molecule has 3 nitrogen and oxygen atoms in total. The lowest BCUT2D eigenvalue weighted by Crippen LogP contribution is -2.46. The van der Waals surface area contributed by atoms with Crippen molar-refractivity contribution in [2.24, 2.45) is 28.3 Å². The fraction of sp³-hybridized carbons (Fsp3) is 0.567. The molecule has 2 saturated carbocycles. The van der Waals surface area contributed by atoms with Gasteiger partial charge in [0.05, 0.1) is 0 Å². The fourth-order valence-electron chi connectivity index (χ4n) is 7.45. The molecule has 3 aliphatic carbocycles. The summed E-state index contributed by atoms with van der Waals surface area (Å²) in [5.41, 5.74) is 6.13. The summed E-state index contributed by atoms with van der Waals surface area (Å²) in [6.45, 7) is 5.53. The average molecular weight is 445 g/mol. The van der Waals surface area contributed by atoms with Gasteiger partial charge in [-0.15, -0.1) is 0 Å². The standard InChI is InChI=1S/C30H40N2O/c1-5-9-22-18-23-19-24(33-20-21-10-7-6-8-11-21)12-13-25(23)26-16-17-30(2)27(29(22)26)14-15-28(30)31-32(3)4/h6-8,10-13,19,22,26-27,29H,5,9,14-18,20H2,1-4H3/b31-28+/t22-,26-,27+,29-,30+/m1/s1. The Labute approximate surface area is 200 Å². The van der Waals surface area contributed by atoms with Crippen LogP contribution in [0, 0.1) is 23.2 Å². The van der Waals surface area contributed by atoms with Gasteiger partial charge in [0.1, 0.15) is 12.4 Å². The highest BCUT2D eigenvalue weighted by Gasteiger charge is 2.55. The van der Waals surface area contributed by atoms with Crippen molar-refractivity contribution in [3.63, 3.8) is 0 Å². The van der Waals surface area contributed by atoms with Crippen molar-refractivity contribution in [2.75, 3.05) is 14.1 Å². The number of ether oxygens (including phenoxy) is 1. The second-order valence-electron chi connectivity index (χ2n) is 11.1. The van der Waals surface area contributed by atoms with Gasteiger partial charge in [0.2, 0.25) is 0 Å². The molecule has 2 fully saturated rings. The van der Waals surface area contributed by atoms with Crippen LogP contribution in [-0.2, 0) is 13.0 Å². The SMILES string of the molecule is CCC[C@@H]1Cc2cc(OCc3ccccc3)ccc2[C@H]2CC[C@]3(C)/C(=N/N(C)C)CC[C@H]3[C@H]12. The monoisotopic (exact) mass is 444 g/mol. The van der Waals surface area contributed by atoms with E-state index in [1.807, 2.05) is 5.01 Å². The lowest BCUT2D eigenvalue weighted by Gasteiger charge is -2.52. The Bertz CT molecular complexity index is 998. The van der Waals surface area contributed by atoms with Crippen LogP contribution >= 0.6 is 0 Å². The number of hydrogen-bond acceptors (Lipinski definition) is 3. The number of hydrazone groups is 1. The Morgan fingerprint density at radius 2 is 1.91 bits per heavy atom. The first kappa shape index (κ1) is 22.5.